The number of hydrogen-bond acceptors (Lipinski definition) is 3. The molecule has 18 heavy (non-hydrogen) atoms. The van der Waals surface area contributed by atoms with Crippen molar-refractivity contribution in [1.82, 2.24) is 15.1 Å². The highest BCUT2D eigenvalue weighted by Crippen LogP contribution is 2.38. The summed E-state index contributed by atoms with van der Waals surface area (Å²) in [6.45, 7) is 11.2. The lowest BCUT2D eigenvalue weighted by Crippen LogP contribution is -2.60. The minimum absolute atomic E-state index is 0.267. The number of rotatable bonds is 4. The standard InChI is InChI=1S/C14H27N3O/c1-11-9-12(11)10-16(4)13(18)14(2,3)17-7-5-15-6-8-17/h11-12,15H,5-10H2,1-4H3. The molecule has 4 nitrogen and oxygen atoms in total. The predicted octanol–water partition coefficient (Wildman–Crippen LogP) is 0.785. The average Bonchev–Trinajstić information content (AvgIpc) is 3.04. The van der Waals surface area contributed by atoms with Gasteiger partial charge in [0.2, 0.25) is 5.91 Å². The van der Waals surface area contributed by atoms with Gasteiger partial charge in [-0.1, -0.05) is 6.92 Å². The lowest BCUT2D eigenvalue weighted by Gasteiger charge is -2.41. The zero-order valence-electron chi connectivity index (χ0n) is 12.2. The number of amides is 1. The highest BCUT2D eigenvalue weighted by atomic mass is 16.2. The molecule has 2 atom stereocenters. The number of likely N-dealkylation sites (N-methyl/N-ethyl adjacent to an activating group) is 1. The molecule has 2 fully saturated rings. The second-order valence-corrected chi connectivity index (χ2v) is 6.45. The van der Waals surface area contributed by atoms with Crippen LogP contribution in [0.5, 0.6) is 0 Å². The van der Waals surface area contributed by atoms with E-state index in [4.69, 9.17) is 0 Å². The summed E-state index contributed by atoms with van der Waals surface area (Å²) < 4.78 is 0. The zero-order valence-corrected chi connectivity index (χ0v) is 12.2. The molecule has 0 radical (unpaired) electrons. The molecule has 4 heteroatoms. The predicted molar refractivity (Wildman–Crippen MR) is 73.4 cm³/mol. The molecule has 1 saturated heterocycles. The van der Waals surface area contributed by atoms with Gasteiger partial charge in [-0.3, -0.25) is 9.69 Å². The van der Waals surface area contributed by atoms with Crippen LogP contribution in [0, 0.1) is 11.8 Å². The van der Waals surface area contributed by atoms with Crippen LogP contribution in [-0.2, 0) is 4.79 Å². The van der Waals surface area contributed by atoms with Crippen molar-refractivity contribution in [1.29, 1.82) is 0 Å². The first-order valence-electron chi connectivity index (χ1n) is 7.14. The van der Waals surface area contributed by atoms with E-state index in [0.29, 0.717) is 0 Å². The topological polar surface area (TPSA) is 35.6 Å². The Morgan fingerprint density at radius 1 is 1.39 bits per heavy atom. The van der Waals surface area contributed by atoms with E-state index in [1.165, 1.54) is 6.42 Å². The molecule has 0 aromatic carbocycles. The van der Waals surface area contributed by atoms with Gasteiger partial charge in [-0.25, -0.2) is 0 Å². The largest absolute Gasteiger partial charge is 0.344 e. The van der Waals surface area contributed by atoms with Crippen LogP contribution < -0.4 is 5.32 Å². The van der Waals surface area contributed by atoms with Crippen LogP contribution in [0.25, 0.3) is 0 Å². The lowest BCUT2D eigenvalue weighted by atomic mass is 9.99. The SMILES string of the molecule is CC1CC1CN(C)C(=O)C(C)(C)N1CCNCC1. The molecule has 0 spiro atoms. The van der Waals surface area contributed by atoms with E-state index in [2.05, 4.69) is 31.0 Å². The normalized spacial score (nSPS) is 29.1. The summed E-state index contributed by atoms with van der Waals surface area (Å²) >= 11 is 0. The molecule has 1 N–H and O–H groups in total. The number of hydrogen-bond donors (Lipinski definition) is 1. The smallest absolute Gasteiger partial charge is 0.242 e. The Bertz CT molecular complexity index is 310. The maximum atomic E-state index is 12.6. The van der Waals surface area contributed by atoms with Gasteiger partial charge >= 0.3 is 0 Å². The molecule has 2 aliphatic rings. The summed E-state index contributed by atoms with van der Waals surface area (Å²) in [5.41, 5.74) is -0.366. The molecule has 1 heterocycles. The molecule has 2 rings (SSSR count). The van der Waals surface area contributed by atoms with Crippen molar-refractivity contribution >= 4 is 5.91 Å². The van der Waals surface area contributed by atoms with E-state index < -0.39 is 0 Å². The first kappa shape index (κ1) is 13.8. The monoisotopic (exact) mass is 253 g/mol. The molecule has 1 saturated carbocycles. The Hall–Kier alpha value is -0.610. The Labute approximate surface area is 111 Å². The zero-order chi connectivity index (χ0) is 13.3. The van der Waals surface area contributed by atoms with Gasteiger partial charge in [0, 0.05) is 39.8 Å². The number of carbonyl (C=O) groups excluding carboxylic acids is 1. The van der Waals surface area contributed by atoms with Gasteiger partial charge in [-0.05, 0) is 32.1 Å². The van der Waals surface area contributed by atoms with Crippen molar-refractivity contribution in [2.24, 2.45) is 11.8 Å². The molecular formula is C14H27N3O. The van der Waals surface area contributed by atoms with Crippen molar-refractivity contribution in [3.63, 3.8) is 0 Å². The number of piperazine rings is 1. The van der Waals surface area contributed by atoms with Crippen LogP contribution in [0.2, 0.25) is 0 Å². The van der Waals surface area contributed by atoms with Crippen LogP contribution >= 0.6 is 0 Å². The van der Waals surface area contributed by atoms with Crippen LogP contribution in [0.15, 0.2) is 0 Å². The second-order valence-electron chi connectivity index (χ2n) is 6.45. The van der Waals surface area contributed by atoms with Gasteiger partial charge in [-0.2, -0.15) is 0 Å². The average molecular weight is 253 g/mol. The number of nitrogens with one attached hydrogen (secondary N) is 1. The Kier molecular flexibility index (Phi) is 3.97. The molecule has 104 valence electrons. The third-order valence-corrected chi connectivity index (χ3v) is 4.56. The summed E-state index contributed by atoms with van der Waals surface area (Å²) in [4.78, 5) is 16.8. The minimum atomic E-state index is -0.366. The van der Waals surface area contributed by atoms with Crippen molar-refractivity contribution in [2.45, 2.75) is 32.7 Å². The summed E-state index contributed by atoms with van der Waals surface area (Å²) in [5, 5.41) is 3.34. The highest BCUT2D eigenvalue weighted by molar-refractivity contribution is 5.85. The molecule has 1 aliphatic heterocycles. The molecule has 0 aromatic heterocycles. The van der Waals surface area contributed by atoms with Crippen LogP contribution in [0.1, 0.15) is 27.2 Å². The summed E-state index contributed by atoms with van der Waals surface area (Å²) in [7, 11) is 1.96. The highest BCUT2D eigenvalue weighted by Gasteiger charge is 2.40. The van der Waals surface area contributed by atoms with E-state index in [0.717, 1.165) is 44.6 Å². The summed E-state index contributed by atoms with van der Waals surface area (Å²) in [6, 6.07) is 0. The van der Waals surface area contributed by atoms with Gasteiger partial charge in [0.1, 0.15) is 0 Å². The van der Waals surface area contributed by atoms with Crippen molar-refractivity contribution in [3.8, 4) is 0 Å². The van der Waals surface area contributed by atoms with Gasteiger partial charge in [0.15, 0.2) is 0 Å². The second kappa shape index (κ2) is 5.17. The Balaban J connectivity index is 1.92. The molecule has 0 bridgehead atoms. The third-order valence-electron chi connectivity index (χ3n) is 4.56. The first-order valence-corrected chi connectivity index (χ1v) is 7.14. The fourth-order valence-electron chi connectivity index (χ4n) is 2.91. The fourth-order valence-corrected chi connectivity index (χ4v) is 2.91. The van der Waals surface area contributed by atoms with Gasteiger partial charge in [0.25, 0.3) is 0 Å². The Morgan fingerprint density at radius 2 is 1.94 bits per heavy atom. The van der Waals surface area contributed by atoms with E-state index in [-0.39, 0.29) is 11.4 Å². The lowest BCUT2D eigenvalue weighted by molar-refractivity contribution is -0.142. The van der Waals surface area contributed by atoms with E-state index in [1.807, 2.05) is 11.9 Å². The van der Waals surface area contributed by atoms with E-state index in [9.17, 15) is 4.79 Å². The maximum absolute atomic E-state index is 12.6. The number of carbonyl (C=O) groups is 1. The van der Waals surface area contributed by atoms with Crippen LogP contribution in [0.4, 0.5) is 0 Å². The van der Waals surface area contributed by atoms with Gasteiger partial charge in [-0.15, -0.1) is 0 Å². The Morgan fingerprint density at radius 3 is 2.44 bits per heavy atom. The molecule has 2 unspecified atom stereocenters. The molecule has 1 aliphatic carbocycles. The number of nitrogens with zero attached hydrogens (tertiary/aromatic N) is 2. The molecule has 0 aromatic rings. The van der Waals surface area contributed by atoms with Crippen LogP contribution in [0.3, 0.4) is 0 Å². The molecule has 1 amide bonds. The molecular weight excluding hydrogens is 226 g/mol. The first-order chi connectivity index (χ1) is 8.43. The fraction of sp³-hybridized carbons (Fsp3) is 0.929. The van der Waals surface area contributed by atoms with Gasteiger partial charge < -0.3 is 10.2 Å². The third kappa shape index (κ3) is 2.86. The van der Waals surface area contributed by atoms with Gasteiger partial charge in [0.05, 0.1) is 5.54 Å². The summed E-state index contributed by atoms with van der Waals surface area (Å²) in [5.74, 6) is 1.81. The minimum Gasteiger partial charge on any atom is -0.344 e. The van der Waals surface area contributed by atoms with Crippen molar-refractivity contribution in [3.05, 3.63) is 0 Å². The van der Waals surface area contributed by atoms with E-state index in [1.54, 1.807) is 0 Å². The van der Waals surface area contributed by atoms with E-state index >= 15 is 0 Å². The van der Waals surface area contributed by atoms with Crippen molar-refractivity contribution in [2.75, 3.05) is 39.8 Å². The van der Waals surface area contributed by atoms with Crippen LogP contribution in [-0.4, -0.2) is 61.0 Å². The quantitative estimate of drug-likeness (QED) is 0.804. The van der Waals surface area contributed by atoms with Crippen molar-refractivity contribution < 1.29 is 4.79 Å². The maximum Gasteiger partial charge on any atom is 0.242 e. The summed E-state index contributed by atoms with van der Waals surface area (Å²) in [6.07, 6.45) is 1.28.